The topological polar surface area (TPSA) is 49.9 Å². The highest BCUT2D eigenvalue weighted by atomic mass is 16.5. The monoisotopic (exact) mass is 448 g/mol. The molecular weight excluding hydrogens is 424 g/mol. The van der Waals surface area contributed by atoms with E-state index >= 15 is 0 Å². The molecule has 4 aromatic carbocycles. The Bertz CT molecular complexity index is 1290. The lowest BCUT2D eigenvalue weighted by molar-refractivity contribution is -0.121. The second-order valence-corrected chi connectivity index (χ2v) is 8.15. The van der Waals surface area contributed by atoms with Gasteiger partial charge in [-0.2, -0.15) is 0 Å². The van der Waals surface area contributed by atoms with E-state index in [1.165, 1.54) is 0 Å². The van der Waals surface area contributed by atoms with Crippen molar-refractivity contribution in [3.05, 3.63) is 126 Å². The average Bonchev–Trinajstić information content (AvgIpc) is 2.90. The van der Waals surface area contributed by atoms with Crippen molar-refractivity contribution in [2.24, 2.45) is 0 Å². The van der Waals surface area contributed by atoms with E-state index in [0.29, 0.717) is 24.4 Å². The van der Waals surface area contributed by atoms with Crippen LogP contribution < -0.4 is 14.5 Å². The molecule has 0 aliphatic carbocycles. The van der Waals surface area contributed by atoms with Gasteiger partial charge in [0.2, 0.25) is 0 Å². The largest absolute Gasteiger partial charge is 0.482 e. The Hall–Kier alpha value is -4.38. The van der Waals surface area contributed by atoms with Crippen LogP contribution in [0, 0.1) is 0 Å². The van der Waals surface area contributed by atoms with Crippen LogP contribution in [0.25, 0.3) is 0 Å². The van der Waals surface area contributed by atoms with Crippen LogP contribution in [0.2, 0.25) is 0 Å². The van der Waals surface area contributed by atoms with E-state index in [-0.39, 0.29) is 18.4 Å². The first kappa shape index (κ1) is 21.5. The number of hydrogen-bond donors (Lipinski definition) is 0. The molecule has 0 aromatic heterocycles. The van der Waals surface area contributed by atoms with Gasteiger partial charge in [0.15, 0.2) is 6.61 Å². The number of rotatable bonds is 6. The fourth-order valence-electron chi connectivity index (χ4n) is 4.07. The summed E-state index contributed by atoms with van der Waals surface area (Å²) in [5.41, 5.74) is 4.20. The molecule has 4 aromatic rings. The lowest BCUT2D eigenvalue weighted by Crippen LogP contribution is -2.38. The molecular formula is C29H24N2O3. The van der Waals surface area contributed by atoms with Crippen LogP contribution in [0.5, 0.6) is 5.75 Å². The number of amides is 2. The van der Waals surface area contributed by atoms with Gasteiger partial charge < -0.3 is 14.5 Å². The minimum Gasteiger partial charge on any atom is -0.482 e. The van der Waals surface area contributed by atoms with Crippen LogP contribution in [0.15, 0.2) is 109 Å². The summed E-state index contributed by atoms with van der Waals surface area (Å²) in [5, 5.41) is 0. The maximum atomic E-state index is 13.5. The lowest BCUT2D eigenvalue weighted by Gasteiger charge is -2.29. The first-order valence-corrected chi connectivity index (χ1v) is 11.2. The van der Waals surface area contributed by atoms with E-state index < -0.39 is 0 Å². The summed E-state index contributed by atoms with van der Waals surface area (Å²) in [4.78, 5) is 29.5. The van der Waals surface area contributed by atoms with E-state index in [4.69, 9.17) is 4.74 Å². The molecule has 0 bridgehead atoms. The van der Waals surface area contributed by atoms with Crippen molar-refractivity contribution in [2.45, 2.75) is 13.1 Å². The molecule has 34 heavy (non-hydrogen) atoms. The van der Waals surface area contributed by atoms with Crippen LogP contribution >= 0.6 is 0 Å². The van der Waals surface area contributed by atoms with E-state index in [1.807, 2.05) is 109 Å². The Morgan fingerprint density at radius 3 is 2.15 bits per heavy atom. The number of anilines is 2. The van der Waals surface area contributed by atoms with Crippen molar-refractivity contribution < 1.29 is 14.3 Å². The van der Waals surface area contributed by atoms with Gasteiger partial charge in [-0.05, 0) is 47.5 Å². The highest BCUT2D eigenvalue weighted by Gasteiger charge is 2.25. The normalized spacial score (nSPS) is 12.6. The van der Waals surface area contributed by atoms with Gasteiger partial charge in [0, 0.05) is 11.3 Å². The summed E-state index contributed by atoms with van der Waals surface area (Å²) in [7, 11) is 0. The second kappa shape index (κ2) is 9.63. The Kier molecular flexibility index (Phi) is 6.08. The summed E-state index contributed by atoms with van der Waals surface area (Å²) in [6.45, 7) is 0.920. The molecule has 5 rings (SSSR count). The molecule has 0 unspecified atom stereocenters. The highest BCUT2D eigenvalue weighted by molar-refractivity contribution is 6.06. The van der Waals surface area contributed by atoms with Crippen molar-refractivity contribution in [3.63, 3.8) is 0 Å². The van der Waals surface area contributed by atoms with E-state index in [9.17, 15) is 9.59 Å². The Labute approximate surface area is 198 Å². The fraction of sp³-hybridized carbons (Fsp3) is 0.103. The molecule has 0 N–H and O–H groups in total. The van der Waals surface area contributed by atoms with Gasteiger partial charge >= 0.3 is 0 Å². The maximum Gasteiger partial charge on any atom is 0.265 e. The standard InChI is InChI=1S/C29H24N2O3/c32-28-21-34-27-14-8-7-13-26(27)31(28)20-23-15-17-24(18-16-23)29(33)30(25-11-5-2-6-12-25)19-22-9-3-1-4-10-22/h1-18H,19-21H2. The number of carbonyl (C=O) groups is 2. The number of fused-ring (bicyclic) bond motifs is 1. The molecule has 1 aliphatic heterocycles. The zero-order chi connectivity index (χ0) is 23.3. The molecule has 5 nitrogen and oxygen atoms in total. The molecule has 0 spiro atoms. The van der Waals surface area contributed by atoms with Crippen LogP contribution in [-0.4, -0.2) is 18.4 Å². The van der Waals surface area contributed by atoms with E-state index in [1.54, 1.807) is 9.80 Å². The predicted octanol–water partition coefficient (Wildman–Crippen LogP) is 5.46. The first-order chi connectivity index (χ1) is 16.7. The first-order valence-electron chi connectivity index (χ1n) is 11.2. The van der Waals surface area contributed by atoms with Crippen molar-refractivity contribution in [1.82, 2.24) is 0 Å². The smallest absolute Gasteiger partial charge is 0.265 e. The van der Waals surface area contributed by atoms with Gasteiger partial charge in [0.1, 0.15) is 5.75 Å². The van der Waals surface area contributed by atoms with Crippen molar-refractivity contribution >= 4 is 23.2 Å². The summed E-state index contributed by atoms with van der Waals surface area (Å²) < 4.78 is 5.53. The number of hydrogen-bond acceptors (Lipinski definition) is 3. The number of benzene rings is 4. The van der Waals surface area contributed by atoms with Gasteiger partial charge in [-0.3, -0.25) is 9.59 Å². The summed E-state index contributed by atoms with van der Waals surface area (Å²) in [6.07, 6.45) is 0. The van der Waals surface area contributed by atoms with Gasteiger partial charge in [0.05, 0.1) is 18.8 Å². The van der Waals surface area contributed by atoms with Crippen molar-refractivity contribution in [2.75, 3.05) is 16.4 Å². The Morgan fingerprint density at radius 1 is 0.765 bits per heavy atom. The third-order valence-corrected chi connectivity index (χ3v) is 5.85. The third kappa shape index (κ3) is 4.55. The van der Waals surface area contributed by atoms with Crippen molar-refractivity contribution in [1.29, 1.82) is 0 Å². The molecule has 1 heterocycles. The molecule has 2 amide bonds. The maximum absolute atomic E-state index is 13.5. The summed E-state index contributed by atoms with van der Waals surface area (Å²) >= 11 is 0. The molecule has 168 valence electrons. The van der Waals surface area contributed by atoms with Crippen molar-refractivity contribution in [3.8, 4) is 5.75 Å². The van der Waals surface area contributed by atoms with Gasteiger partial charge in [0.25, 0.3) is 11.8 Å². The predicted molar refractivity (Wildman–Crippen MR) is 133 cm³/mol. The lowest BCUT2D eigenvalue weighted by atomic mass is 10.1. The zero-order valence-corrected chi connectivity index (χ0v) is 18.6. The Balaban J connectivity index is 1.37. The van der Waals surface area contributed by atoms with Crippen LogP contribution in [-0.2, 0) is 17.9 Å². The molecule has 0 atom stereocenters. The zero-order valence-electron chi connectivity index (χ0n) is 18.6. The molecule has 0 radical (unpaired) electrons. The number of nitrogens with zero attached hydrogens (tertiary/aromatic N) is 2. The Morgan fingerprint density at radius 2 is 1.41 bits per heavy atom. The number of para-hydroxylation sites is 3. The fourth-order valence-corrected chi connectivity index (χ4v) is 4.07. The number of carbonyl (C=O) groups excluding carboxylic acids is 2. The van der Waals surface area contributed by atoms with Gasteiger partial charge in [-0.1, -0.05) is 72.8 Å². The van der Waals surface area contributed by atoms with Crippen LogP contribution in [0.1, 0.15) is 21.5 Å². The van der Waals surface area contributed by atoms with Gasteiger partial charge in [-0.25, -0.2) is 0 Å². The minimum absolute atomic E-state index is 0.0269. The quantitative estimate of drug-likeness (QED) is 0.394. The summed E-state index contributed by atoms with van der Waals surface area (Å²) in [5.74, 6) is 0.541. The second-order valence-electron chi connectivity index (χ2n) is 8.15. The summed E-state index contributed by atoms with van der Waals surface area (Å²) in [6, 6.07) is 34.6. The molecule has 1 aliphatic rings. The van der Waals surface area contributed by atoms with E-state index in [0.717, 1.165) is 22.5 Å². The molecule has 0 saturated heterocycles. The SMILES string of the molecule is O=C(c1ccc(CN2C(=O)COc3ccccc32)cc1)N(Cc1ccccc1)c1ccccc1. The van der Waals surface area contributed by atoms with Crippen LogP contribution in [0.3, 0.4) is 0 Å². The van der Waals surface area contributed by atoms with Crippen LogP contribution in [0.4, 0.5) is 11.4 Å². The highest BCUT2D eigenvalue weighted by Crippen LogP contribution is 2.32. The molecule has 5 heteroatoms. The molecule has 0 saturated carbocycles. The number of ether oxygens (including phenoxy) is 1. The van der Waals surface area contributed by atoms with E-state index in [2.05, 4.69) is 0 Å². The minimum atomic E-state index is -0.0861. The van der Waals surface area contributed by atoms with Gasteiger partial charge in [-0.15, -0.1) is 0 Å². The molecule has 0 fully saturated rings. The third-order valence-electron chi connectivity index (χ3n) is 5.85. The average molecular weight is 449 g/mol.